The molecule has 3 aliphatic rings. The Bertz CT molecular complexity index is 1160. The van der Waals surface area contributed by atoms with E-state index in [4.69, 9.17) is 39.8 Å². The number of aliphatic hydroxyl groups excluding tert-OH is 1. The van der Waals surface area contributed by atoms with Crippen LogP contribution in [0.25, 0.3) is 10.9 Å². The number of pyridine rings is 1. The van der Waals surface area contributed by atoms with Gasteiger partial charge in [-0.2, -0.15) is 16.8 Å². The van der Waals surface area contributed by atoms with E-state index in [1.807, 2.05) is 24.3 Å². The van der Waals surface area contributed by atoms with E-state index in [1.165, 1.54) is 6.42 Å². The molecule has 0 aliphatic carbocycles. The second kappa shape index (κ2) is 11.5. The third-order valence-corrected chi connectivity index (χ3v) is 5.82. The summed E-state index contributed by atoms with van der Waals surface area (Å²) in [6.07, 6.45) is 5.62. The van der Waals surface area contributed by atoms with Gasteiger partial charge in [0.15, 0.2) is 0 Å². The lowest BCUT2D eigenvalue weighted by molar-refractivity contribution is -0.0444. The summed E-state index contributed by atoms with van der Waals surface area (Å²) in [7, 11) is -7.67. The van der Waals surface area contributed by atoms with E-state index in [2.05, 4.69) is 22.5 Å². The zero-order valence-electron chi connectivity index (χ0n) is 18.3. The summed E-state index contributed by atoms with van der Waals surface area (Å²) < 4.78 is 68.5. The Balaban J connectivity index is 0.000000347. The van der Waals surface area contributed by atoms with Crippen molar-refractivity contribution in [3.8, 4) is 5.75 Å². The Morgan fingerprint density at radius 3 is 2.26 bits per heavy atom. The summed E-state index contributed by atoms with van der Waals surface area (Å²) in [5.41, 5.74) is 1.85. The first-order valence-corrected chi connectivity index (χ1v) is 12.9. The molecular formula is C20H28N2O10S2. The molecule has 2 bridgehead atoms. The Hall–Kier alpha value is -2.17. The molecule has 190 valence electrons. The summed E-state index contributed by atoms with van der Waals surface area (Å²) >= 11 is 0. The van der Waals surface area contributed by atoms with E-state index in [-0.39, 0.29) is 6.04 Å². The molecule has 14 heteroatoms. The van der Waals surface area contributed by atoms with Crippen molar-refractivity contribution >= 4 is 31.7 Å². The third kappa shape index (κ3) is 8.56. The molecule has 1 unspecified atom stereocenters. The lowest BCUT2D eigenvalue weighted by Crippen LogP contribution is -2.54. The van der Waals surface area contributed by atoms with Crippen molar-refractivity contribution in [1.29, 1.82) is 0 Å². The van der Waals surface area contributed by atoms with Gasteiger partial charge in [-0.1, -0.05) is 6.08 Å². The molecular weight excluding hydrogens is 492 g/mol. The molecule has 2 aromatic rings. The number of aromatic nitrogens is 1. The SMILES string of the molecule is C=C[C@H]1CN2CC[C@H]1C[C@H]2[C@H](O)c1ccnc2ccc(OC)cc12.O=S(=O)(O)O.O=S(=O)(O)O. The Labute approximate surface area is 198 Å². The van der Waals surface area contributed by atoms with Crippen molar-refractivity contribution in [2.24, 2.45) is 11.8 Å². The van der Waals surface area contributed by atoms with Gasteiger partial charge in [0.1, 0.15) is 5.75 Å². The first-order chi connectivity index (χ1) is 15.7. The second-order valence-electron chi connectivity index (χ2n) is 7.87. The average molecular weight is 521 g/mol. The van der Waals surface area contributed by atoms with Gasteiger partial charge in [0.2, 0.25) is 0 Å². The van der Waals surface area contributed by atoms with Crippen LogP contribution < -0.4 is 4.74 Å². The number of hydrogen-bond donors (Lipinski definition) is 5. The fourth-order valence-corrected chi connectivity index (χ4v) is 4.44. The predicted octanol–water partition coefficient (Wildman–Crippen LogP) is 1.87. The number of piperidine rings is 3. The third-order valence-electron chi connectivity index (χ3n) is 5.82. The number of hydrogen-bond acceptors (Lipinski definition) is 8. The molecule has 12 nitrogen and oxygen atoms in total. The number of aliphatic hydroxyl groups is 1. The molecule has 3 fully saturated rings. The molecule has 1 aromatic carbocycles. The van der Waals surface area contributed by atoms with E-state index in [0.717, 1.165) is 41.7 Å². The van der Waals surface area contributed by atoms with Crippen LogP contribution in [-0.4, -0.2) is 76.3 Å². The molecule has 1 aromatic heterocycles. The van der Waals surface area contributed by atoms with Gasteiger partial charge < -0.3 is 9.84 Å². The first-order valence-electron chi connectivity index (χ1n) is 10.1. The summed E-state index contributed by atoms with van der Waals surface area (Å²) in [6, 6.07) is 7.96. The normalized spacial score (nSPS) is 24.8. The van der Waals surface area contributed by atoms with Gasteiger partial charge >= 0.3 is 20.8 Å². The maximum absolute atomic E-state index is 11.2. The molecule has 0 amide bonds. The summed E-state index contributed by atoms with van der Waals surface area (Å²) in [5.74, 6) is 2.01. The molecule has 0 radical (unpaired) electrons. The van der Waals surface area contributed by atoms with Gasteiger partial charge in [-0.3, -0.25) is 28.1 Å². The van der Waals surface area contributed by atoms with Crippen molar-refractivity contribution < 1.29 is 44.9 Å². The molecule has 0 spiro atoms. The van der Waals surface area contributed by atoms with Gasteiger partial charge in [-0.15, -0.1) is 6.58 Å². The highest BCUT2D eigenvalue weighted by Gasteiger charge is 2.42. The predicted molar refractivity (Wildman–Crippen MR) is 123 cm³/mol. The van der Waals surface area contributed by atoms with Crippen LogP contribution in [0, 0.1) is 11.8 Å². The van der Waals surface area contributed by atoms with Crippen molar-refractivity contribution in [3.05, 3.63) is 48.7 Å². The minimum absolute atomic E-state index is 0.178. The highest BCUT2D eigenvalue weighted by atomic mass is 32.3. The minimum atomic E-state index is -4.67. The van der Waals surface area contributed by atoms with Gasteiger partial charge in [0, 0.05) is 24.2 Å². The average Bonchev–Trinajstić information content (AvgIpc) is 2.75. The Kier molecular flexibility index (Phi) is 9.50. The Morgan fingerprint density at radius 1 is 1.15 bits per heavy atom. The van der Waals surface area contributed by atoms with Crippen LogP contribution in [-0.2, 0) is 20.8 Å². The van der Waals surface area contributed by atoms with Crippen molar-refractivity contribution in [2.75, 3.05) is 20.2 Å². The molecule has 34 heavy (non-hydrogen) atoms. The lowest BCUT2D eigenvalue weighted by Gasteiger charge is -2.50. The molecule has 4 heterocycles. The number of methoxy groups -OCH3 is 1. The van der Waals surface area contributed by atoms with Gasteiger partial charge in [0.25, 0.3) is 0 Å². The van der Waals surface area contributed by atoms with Crippen LogP contribution in [0.5, 0.6) is 5.75 Å². The zero-order chi connectivity index (χ0) is 25.7. The standard InChI is InChI=1S/C20H24N2O2.2H2O4S/c1-3-13-12-22-9-7-14(13)10-19(22)20(23)16-6-8-21-18-5-4-15(24-2)11-17(16)18;2*1-5(2,3)4/h3-6,8,11,13-14,19-20,23H,1,7,9-10,12H2,2H3;2*(H2,1,2,3,4)/t13-,14-,19-,20+;;/m0../s1. The van der Waals surface area contributed by atoms with Crippen LogP contribution in [0.15, 0.2) is 43.1 Å². The second-order valence-corrected chi connectivity index (χ2v) is 9.66. The van der Waals surface area contributed by atoms with Crippen LogP contribution >= 0.6 is 0 Å². The fraction of sp³-hybridized carbons (Fsp3) is 0.450. The molecule has 3 saturated heterocycles. The van der Waals surface area contributed by atoms with Crippen LogP contribution in [0.1, 0.15) is 24.5 Å². The molecule has 5 rings (SSSR count). The molecule has 3 aliphatic heterocycles. The summed E-state index contributed by atoms with van der Waals surface area (Å²) in [6.45, 7) is 6.07. The number of nitrogens with zero attached hydrogens (tertiary/aromatic N) is 2. The molecule has 5 atom stereocenters. The smallest absolute Gasteiger partial charge is 0.394 e. The lowest BCUT2D eigenvalue weighted by atomic mass is 9.73. The monoisotopic (exact) mass is 520 g/mol. The van der Waals surface area contributed by atoms with E-state index in [1.54, 1.807) is 13.3 Å². The number of rotatable bonds is 4. The highest BCUT2D eigenvalue weighted by Crippen LogP contribution is 2.42. The maximum atomic E-state index is 11.2. The largest absolute Gasteiger partial charge is 0.497 e. The summed E-state index contributed by atoms with van der Waals surface area (Å²) in [5, 5.41) is 12.1. The topological polar surface area (TPSA) is 195 Å². The summed E-state index contributed by atoms with van der Waals surface area (Å²) in [4.78, 5) is 6.86. The molecule has 5 N–H and O–H groups in total. The number of benzene rings is 1. The quantitative estimate of drug-likeness (QED) is 0.290. The van der Waals surface area contributed by atoms with Crippen molar-refractivity contribution in [3.63, 3.8) is 0 Å². The maximum Gasteiger partial charge on any atom is 0.394 e. The van der Waals surface area contributed by atoms with Crippen LogP contribution in [0.2, 0.25) is 0 Å². The van der Waals surface area contributed by atoms with Crippen molar-refractivity contribution in [2.45, 2.75) is 25.0 Å². The Morgan fingerprint density at radius 2 is 1.76 bits per heavy atom. The van der Waals surface area contributed by atoms with E-state index < -0.39 is 26.9 Å². The number of ether oxygens (including phenoxy) is 1. The van der Waals surface area contributed by atoms with Gasteiger partial charge in [-0.05, 0) is 61.1 Å². The van der Waals surface area contributed by atoms with E-state index in [9.17, 15) is 5.11 Å². The van der Waals surface area contributed by atoms with Crippen molar-refractivity contribution in [1.82, 2.24) is 9.88 Å². The van der Waals surface area contributed by atoms with Gasteiger partial charge in [0.05, 0.1) is 18.7 Å². The van der Waals surface area contributed by atoms with E-state index in [0.29, 0.717) is 11.8 Å². The molecule has 0 saturated carbocycles. The van der Waals surface area contributed by atoms with Gasteiger partial charge in [-0.25, -0.2) is 0 Å². The van der Waals surface area contributed by atoms with Crippen LogP contribution in [0.4, 0.5) is 0 Å². The minimum Gasteiger partial charge on any atom is -0.497 e. The zero-order valence-corrected chi connectivity index (χ0v) is 19.9. The number of fused-ring (bicyclic) bond motifs is 4. The van der Waals surface area contributed by atoms with Crippen LogP contribution in [0.3, 0.4) is 0 Å². The first kappa shape index (κ1) is 28.1. The fourth-order valence-electron chi connectivity index (χ4n) is 4.44. The van der Waals surface area contributed by atoms with E-state index >= 15 is 0 Å². The highest BCUT2D eigenvalue weighted by molar-refractivity contribution is 7.80.